The number of unbranched alkanes of at least 4 members (excludes halogenated alkanes) is 2. The second-order valence-corrected chi connectivity index (χ2v) is 5.38. The zero-order valence-electron chi connectivity index (χ0n) is 13.3. The molecule has 0 spiro atoms. The zero-order valence-corrected chi connectivity index (χ0v) is 13.3. The van der Waals surface area contributed by atoms with Crippen LogP contribution in [0.5, 0.6) is 11.5 Å². The highest BCUT2D eigenvalue weighted by Gasteiger charge is 1.99. The Hall–Kier alpha value is -1.96. The minimum Gasteiger partial charge on any atom is -0.508 e. The highest BCUT2D eigenvalue weighted by atomic mass is 16.3. The monoisotopic (exact) mass is 286 g/mol. The van der Waals surface area contributed by atoms with E-state index in [1.165, 1.54) is 19.3 Å². The fraction of sp³-hybridized carbons (Fsp3) is 0.368. The van der Waals surface area contributed by atoms with E-state index in [1.807, 2.05) is 44.2 Å². The van der Waals surface area contributed by atoms with Gasteiger partial charge in [-0.05, 0) is 55.5 Å². The Morgan fingerprint density at radius 2 is 1.57 bits per heavy atom. The second-order valence-electron chi connectivity index (χ2n) is 5.38. The Balaban J connectivity index is 0.000000235. The molecule has 0 aliphatic heterocycles. The number of para-hydroxylation sites is 1. The minimum absolute atomic E-state index is 0.368. The van der Waals surface area contributed by atoms with Crippen LogP contribution >= 0.6 is 0 Å². The number of rotatable bonds is 4. The molecule has 0 amide bonds. The van der Waals surface area contributed by atoms with Crippen molar-refractivity contribution in [2.45, 2.75) is 46.5 Å². The molecule has 0 atom stereocenters. The molecule has 0 unspecified atom stereocenters. The summed E-state index contributed by atoms with van der Waals surface area (Å²) in [5.74, 6) is 0.823. The van der Waals surface area contributed by atoms with Crippen LogP contribution < -0.4 is 0 Å². The van der Waals surface area contributed by atoms with Crippen molar-refractivity contribution in [1.82, 2.24) is 0 Å². The largest absolute Gasteiger partial charge is 0.508 e. The third-order valence-corrected chi connectivity index (χ3v) is 3.41. The van der Waals surface area contributed by atoms with Gasteiger partial charge in [-0.2, -0.15) is 0 Å². The van der Waals surface area contributed by atoms with Crippen molar-refractivity contribution < 1.29 is 10.2 Å². The van der Waals surface area contributed by atoms with E-state index >= 15 is 0 Å². The van der Waals surface area contributed by atoms with Crippen LogP contribution in [0.1, 0.15) is 42.9 Å². The maximum Gasteiger partial charge on any atom is 0.119 e. The van der Waals surface area contributed by atoms with Crippen molar-refractivity contribution in [2.24, 2.45) is 0 Å². The van der Waals surface area contributed by atoms with Gasteiger partial charge >= 0.3 is 0 Å². The van der Waals surface area contributed by atoms with Gasteiger partial charge in [-0.3, -0.25) is 0 Å². The lowest BCUT2D eigenvalue weighted by Gasteiger charge is -2.04. The second kappa shape index (κ2) is 9.06. The number of hydrogen-bond donors (Lipinski definition) is 2. The summed E-state index contributed by atoms with van der Waals surface area (Å²) in [6.07, 6.45) is 4.65. The molecule has 0 saturated heterocycles. The first kappa shape index (κ1) is 17.1. The summed E-state index contributed by atoms with van der Waals surface area (Å²) in [6.45, 7) is 6.06. The number of phenolic OH excluding ortho intramolecular Hbond substituents is 2. The van der Waals surface area contributed by atoms with Gasteiger partial charge in [-0.1, -0.05) is 50.1 Å². The predicted molar refractivity (Wildman–Crippen MR) is 88.9 cm³/mol. The van der Waals surface area contributed by atoms with Crippen LogP contribution in [0.2, 0.25) is 0 Å². The van der Waals surface area contributed by atoms with E-state index in [0.717, 1.165) is 23.1 Å². The summed E-state index contributed by atoms with van der Waals surface area (Å²) in [6, 6.07) is 13.2. The van der Waals surface area contributed by atoms with Gasteiger partial charge in [0.25, 0.3) is 0 Å². The molecule has 21 heavy (non-hydrogen) atoms. The molecule has 0 heterocycles. The summed E-state index contributed by atoms with van der Waals surface area (Å²) in [4.78, 5) is 0. The van der Waals surface area contributed by atoms with Crippen molar-refractivity contribution in [3.63, 3.8) is 0 Å². The average molecular weight is 286 g/mol. The van der Waals surface area contributed by atoms with E-state index in [1.54, 1.807) is 6.07 Å². The van der Waals surface area contributed by atoms with E-state index in [2.05, 4.69) is 13.0 Å². The Bertz CT molecular complexity index is 526. The lowest BCUT2D eigenvalue weighted by molar-refractivity contribution is 0.466. The molecule has 0 saturated carbocycles. The van der Waals surface area contributed by atoms with Gasteiger partial charge in [0.05, 0.1) is 0 Å². The first-order valence-corrected chi connectivity index (χ1v) is 7.57. The molecule has 0 fully saturated rings. The van der Waals surface area contributed by atoms with Crippen molar-refractivity contribution in [3.05, 3.63) is 59.2 Å². The minimum atomic E-state index is 0.368. The van der Waals surface area contributed by atoms with E-state index in [-0.39, 0.29) is 0 Å². The van der Waals surface area contributed by atoms with Crippen LogP contribution in [0.15, 0.2) is 42.5 Å². The Labute approximate surface area is 128 Å². The lowest BCUT2D eigenvalue weighted by atomic mass is 10.0. The van der Waals surface area contributed by atoms with E-state index in [4.69, 9.17) is 5.11 Å². The molecular formula is C19H26O2. The van der Waals surface area contributed by atoms with Crippen LogP contribution in [0.4, 0.5) is 0 Å². The molecule has 2 aromatic rings. The molecule has 0 aliphatic rings. The van der Waals surface area contributed by atoms with Gasteiger partial charge in [-0.25, -0.2) is 0 Å². The molecule has 2 rings (SSSR count). The number of aromatic hydroxyl groups is 2. The maximum absolute atomic E-state index is 9.59. The third-order valence-electron chi connectivity index (χ3n) is 3.41. The van der Waals surface area contributed by atoms with Crippen molar-refractivity contribution in [2.75, 3.05) is 0 Å². The van der Waals surface area contributed by atoms with Gasteiger partial charge in [0.1, 0.15) is 11.5 Å². The van der Waals surface area contributed by atoms with Crippen LogP contribution in [-0.4, -0.2) is 10.2 Å². The molecule has 0 bridgehead atoms. The number of phenols is 2. The molecule has 2 N–H and O–H groups in total. The molecule has 0 aliphatic carbocycles. The quantitative estimate of drug-likeness (QED) is 0.764. The Morgan fingerprint density at radius 3 is 2.10 bits per heavy atom. The molecule has 2 heteroatoms. The number of hydrogen-bond acceptors (Lipinski definition) is 2. The zero-order chi connectivity index (χ0) is 15.7. The normalized spacial score (nSPS) is 9.86. The molecule has 0 aromatic heterocycles. The fourth-order valence-electron chi connectivity index (χ4n) is 2.01. The van der Waals surface area contributed by atoms with E-state index in [0.29, 0.717) is 11.5 Å². The van der Waals surface area contributed by atoms with Gasteiger partial charge in [0.15, 0.2) is 0 Å². The van der Waals surface area contributed by atoms with Crippen molar-refractivity contribution in [1.29, 1.82) is 0 Å². The predicted octanol–water partition coefficient (Wildman–Crippen LogP) is 5.13. The van der Waals surface area contributed by atoms with E-state index in [9.17, 15) is 5.11 Å². The highest BCUT2D eigenvalue weighted by Crippen LogP contribution is 2.20. The Morgan fingerprint density at radius 1 is 0.857 bits per heavy atom. The highest BCUT2D eigenvalue weighted by molar-refractivity contribution is 5.35. The van der Waals surface area contributed by atoms with Gasteiger partial charge in [0.2, 0.25) is 0 Å². The van der Waals surface area contributed by atoms with Crippen LogP contribution in [0.25, 0.3) is 0 Å². The summed E-state index contributed by atoms with van der Waals surface area (Å²) in [5.41, 5.74) is 3.13. The van der Waals surface area contributed by atoms with Gasteiger partial charge in [0, 0.05) is 0 Å². The SMILES string of the molecule is CCCCCc1ccc(C)cc1O.Cc1ccccc1O. The molecule has 114 valence electrons. The van der Waals surface area contributed by atoms with Crippen molar-refractivity contribution >= 4 is 0 Å². The van der Waals surface area contributed by atoms with Gasteiger partial charge < -0.3 is 10.2 Å². The maximum atomic E-state index is 9.59. The van der Waals surface area contributed by atoms with Crippen LogP contribution in [0, 0.1) is 13.8 Å². The fourth-order valence-corrected chi connectivity index (χ4v) is 2.01. The molecule has 0 radical (unpaired) electrons. The molecular weight excluding hydrogens is 260 g/mol. The lowest BCUT2D eigenvalue weighted by Crippen LogP contribution is -1.86. The van der Waals surface area contributed by atoms with Crippen LogP contribution in [-0.2, 0) is 6.42 Å². The average Bonchev–Trinajstić information content (AvgIpc) is 2.45. The first-order chi connectivity index (χ1) is 10.0. The Kier molecular flexibility index (Phi) is 7.38. The van der Waals surface area contributed by atoms with Crippen LogP contribution in [0.3, 0.4) is 0 Å². The number of benzene rings is 2. The van der Waals surface area contributed by atoms with Gasteiger partial charge in [-0.15, -0.1) is 0 Å². The topological polar surface area (TPSA) is 40.5 Å². The van der Waals surface area contributed by atoms with E-state index < -0.39 is 0 Å². The standard InChI is InChI=1S/C12H18O.C7H8O/c1-3-4-5-6-11-8-7-10(2)9-12(11)13;1-6-4-2-3-5-7(6)8/h7-9,13H,3-6H2,1-2H3;2-5,8H,1H3. The first-order valence-electron chi connectivity index (χ1n) is 7.57. The number of aryl methyl sites for hydroxylation is 3. The third kappa shape index (κ3) is 6.35. The summed E-state index contributed by atoms with van der Waals surface area (Å²) < 4.78 is 0. The summed E-state index contributed by atoms with van der Waals surface area (Å²) in [7, 11) is 0. The summed E-state index contributed by atoms with van der Waals surface area (Å²) >= 11 is 0. The van der Waals surface area contributed by atoms with Crippen molar-refractivity contribution in [3.8, 4) is 11.5 Å². The smallest absolute Gasteiger partial charge is 0.119 e. The molecule has 2 nitrogen and oxygen atoms in total. The molecule has 2 aromatic carbocycles. The summed E-state index contributed by atoms with van der Waals surface area (Å²) in [5, 5.41) is 18.5.